The van der Waals surface area contributed by atoms with Crippen LogP contribution in [-0.4, -0.2) is 12.1 Å². The second-order valence-corrected chi connectivity index (χ2v) is 6.68. The van der Waals surface area contributed by atoms with Gasteiger partial charge in [-0.25, -0.2) is 4.98 Å². The van der Waals surface area contributed by atoms with E-state index >= 15 is 0 Å². The summed E-state index contributed by atoms with van der Waals surface area (Å²) in [7, 11) is 1.66. The molecule has 4 nitrogen and oxygen atoms in total. The summed E-state index contributed by atoms with van der Waals surface area (Å²) in [6.45, 7) is 4.16. The molecule has 28 heavy (non-hydrogen) atoms. The molecular formula is C24H22N2O2. The Morgan fingerprint density at radius 3 is 2.11 bits per heavy atom. The van der Waals surface area contributed by atoms with E-state index in [1.165, 1.54) is 0 Å². The van der Waals surface area contributed by atoms with Gasteiger partial charge in [-0.3, -0.25) is 0 Å². The predicted molar refractivity (Wildman–Crippen MR) is 113 cm³/mol. The van der Waals surface area contributed by atoms with E-state index in [2.05, 4.69) is 37.4 Å². The van der Waals surface area contributed by atoms with E-state index < -0.39 is 0 Å². The van der Waals surface area contributed by atoms with Gasteiger partial charge in [0, 0.05) is 16.8 Å². The van der Waals surface area contributed by atoms with Crippen LogP contribution in [0.25, 0.3) is 22.7 Å². The Morgan fingerprint density at radius 2 is 1.46 bits per heavy atom. The van der Waals surface area contributed by atoms with Gasteiger partial charge in [0.05, 0.1) is 7.11 Å². The van der Waals surface area contributed by atoms with Gasteiger partial charge in [0.25, 0.3) is 0 Å². The number of anilines is 2. The molecule has 4 aromatic rings. The Balaban J connectivity index is 1.82. The van der Waals surface area contributed by atoms with Crippen LogP contribution < -0.4 is 10.1 Å². The monoisotopic (exact) mass is 370 g/mol. The third-order valence-electron chi connectivity index (χ3n) is 4.73. The molecule has 0 amide bonds. The topological polar surface area (TPSA) is 47.3 Å². The lowest BCUT2D eigenvalue weighted by molar-refractivity contribution is 0.415. The minimum atomic E-state index is 0.583. The summed E-state index contributed by atoms with van der Waals surface area (Å²) < 4.78 is 11.4. The fourth-order valence-corrected chi connectivity index (χ4v) is 3.18. The average Bonchev–Trinajstić information content (AvgIpc) is 3.15. The fourth-order valence-electron chi connectivity index (χ4n) is 3.18. The van der Waals surface area contributed by atoms with Crippen molar-refractivity contribution in [3.05, 3.63) is 83.9 Å². The van der Waals surface area contributed by atoms with E-state index in [0.717, 1.165) is 39.4 Å². The zero-order chi connectivity index (χ0) is 19.5. The zero-order valence-electron chi connectivity index (χ0n) is 16.2. The molecule has 0 saturated heterocycles. The number of ether oxygens (including phenoxy) is 1. The van der Waals surface area contributed by atoms with Crippen molar-refractivity contribution < 1.29 is 9.15 Å². The van der Waals surface area contributed by atoms with E-state index in [1.54, 1.807) is 7.11 Å². The van der Waals surface area contributed by atoms with Crippen LogP contribution in [0, 0.1) is 13.8 Å². The number of hydrogen-bond acceptors (Lipinski definition) is 4. The Kier molecular flexibility index (Phi) is 4.85. The van der Waals surface area contributed by atoms with Crippen molar-refractivity contribution in [3.63, 3.8) is 0 Å². The largest absolute Gasteiger partial charge is 0.497 e. The molecule has 0 fully saturated rings. The maximum absolute atomic E-state index is 6.17. The standard InChI is InChI=1S/C24H22N2O2/c1-16-8-7-9-17(2)21(16)25-24-22(18-12-14-20(27-3)15-13-18)26-23(28-24)19-10-5-4-6-11-19/h4-15,25H,1-3H3. The third-order valence-corrected chi connectivity index (χ3v) is 4.73. The van der Waals surface area contributed by atoms with Crippen LogP contribution in [0.4, 0.5) is 11.6 Å². The molecule has 0 aliphatic heterocycles. The van der Waals surface area contributed by atoms with Gasteiger partial charge in [0.2, 0.25) is 11.8 Å². The second kappa shape index (κ2) is 7.61. The number of hydrogen-bond donors (Lipinski definition) is 1. The van der Waals surface area contributed by atoms with E-state index in [0.29, 0.717) is 11.8 Å². The summed E-state index contributed by atoms with van der Waals surface area (Å²) in [6.07, 6.45) is 0. The van der Waals surface area contributed by atoms with Crippen LogP contribution in [-0.2, 0) is 0 Å². The van der Waals surface area contributed by atoms with Gasteiger partial charge in [0.1, 0.15) is 11.4 Å². The second-order valence-electron chi connectivity index (χ2n) is 6.68. The lowest BCUT2D eigenvalue weighted by Crippen LogP contribution is -1.96. The molecule has 4 heteroatoms. The summed E-state index contributed by atoms with van der Waals surface area (Å²) in [5.74, 6) is 2.02. The molecule has 0 radical (unpaired) electrons. The molecule has 0 unspecified atom stereocenters. The fraction of sp³-hybridized carbons (Fsp3) is 0.125. The maximum atomic E-state index is 6.17. The highest BCUT2D eigenvalue weighted by atomic mass is 16.5. The number of rotatable bonds is 5. The van der Waals surface area contributed by atoms with Crippen molar-refractivity contribution in [2.45, 2.75) is 13.8 Å². The minimum absolute atomic E-state index is 0.583. The molecule has 0 aliphatic rings. The number of para-hydroxylation sites is 1. The first-order chi connectivity index (χ1) is 13.7. The average molecular weight is 370 g/mol. The number of nitrogens with zero attached hydrogens (tertiary/aromatic N) is 1. The molecule has 3 aromatic carbocycles. The van der Waals surface area contributed by atoms with Crippen molar-refractivity contribution in [2.75, 3.05) is 12.4 Å². The summed E-state index contributed by atoms with van der Waals surface area (Å²) in [5, 5.41) is 3.47. The molecule has 4 rings (SSSR count). The van der Waals surface area contributed by atoms with Crippen LogP contribution in [0.3, 0.4) is 0 Å². The van der Waals surface area contributed by atoms with Gasteiger partial charge < -0.3 is 14.5 Å². The van der Waals surface area contributed by atoms with Crippen LogP contribution in [0.5, 0.6) is 5.75 Å². The van der Waals surface area contributed by atoms with Crippen LogP contribution in [0.15, 0.2) is 77.2 Å². The highest BCUT2D eigenvalue weighted by Crippen LogP contribution is 2.36. The van der Waals surface area contributed by atoms with Crippen LogP contribution >= 0.6 is 0 Å². The normalized spacial score (nSPS) is 10.7. The highest BCUT2D eigenvalue weighted by Gasteiger charge is 2.18. The minimum Gasteiger partial charge on any atom is -0.497 e. The summed E-state index contributed by atoms with van der Waals surface area (Å²) in [5.41, 5.74) is 6.00. The van der Waals surface area contributed by atoms with Crippen molar-refractivity contribution >= 4 is 11.6 Å². The van der Waals surface area contributed by atoms with E-state index in [4.69, 9.17) is 14.1 Å². The number of methoxy groups -OCH3 is 1. The number of oxazole rings is 1. The molecule has 140 valence electrons. The number of aromatic nitrogens is 1. The molecule has 0 saturated carbocycles. The van der Waals surface area contributed by atoms with Gasteiger partial charge >= 0.3 is 0 Å². The summed E-state index contributed by atoms with van der Waals surface area (Å²) in [4.78, 5) is 4.79. The summed E-state index contributed by atoms with van der Waals surface area (Å²) in [6, 6.07) is 24.0. The molecule has 0 bridgehead atoms. The first-order valence-corrected chi connectivity index (χ1v) is 9.19. The molecular weight excluding hydrogens is 348 g/mol. The van der Waals surface area contributed by atoms with Gasteiger partial charge in [0.15, 0.2) is 0 Å². The van der Waals surface area contributed by atoms with Gasteiger partial charge in [-0.05, 0) is 61.4 Å². The lowest BCUT2D eigenvalue weighted by atomic mass is 10.1. The lowest BCUT2D eigenvalue weighted by Gasteiger charge is -2.11. The van der Waals surface area contributed by atoms with E-state index in [1.807, 2.05) is 54.6 Å². The predicted octanol–water partition coefficient (Wildman–Crippen LogP) is 6.38. The zero-order valence-corrected chi connectivity index (χ0v) is 16.2. The quantitative estimate of drug-likeness (QED) is 0.443. The van der Waals surface area contributed by atoms with Crippen molar-refractivity contribution in [2.24, 2.45) is 0 Å². The Bertz CT molecular complexity index is 1060. The van der Waals surface area contributed by atoms with Gasteiger partial charge in [-0.2, -0.15) is 0 Å². The first kappa shape index (κ1) is 17.9. The van der Waals surface area contributed by atoms with Gasteiger partial charge in [-0.1, -0.05) is 36.4 Å². The molecule has 0 spiro atoms. The Hall–Kier alpha value is -3.53. The Morgan fingerprint density at radius 1 is 0.786 bits per heavy atom. The molecule has 0 atom stereocenters. The first-order valence-electron chi connectivity index (χ1n) is 9.19. The molecule has 1 heterocycles. The smallest absolute Gasteiger partial charge is 0.229 e. The van der Waals surface area contributed by atoms with Crippen molar-refractivity contribution in [3.8, 4) is 28.5 Å². The SMILES string of the molecule is COc1ccc(-c2nc(-c3ccccc3)oc2Nc2c(C)cccc2C)cc1. The van der Waals surface area contributed by atoms with Crippen molar-refractivity contribution in [1.29, 1.82) is 0 Å². The Labute approximate surface area is 164 Å². The van der Waals surface area contributed by atoms with Gasteiger partial charge in [-0.15, -0.1) is 0 Å². The van der Waals surface area contributed by atoms with E-state index in [9.17, 15) is 0 Å². The van der Waals surface area contributed by atoms with Crippen molar-refractivity contribution in [1.82, 2.24) is 4.98 Å². The van der Waals surface area contributed by atoms with E-state index in [-0.39, 0.29) is 0 Å². The highest BCUT2D eigenvalue weighted by molar-refractivity contribution is 5.78. The maximum Gasteiger partial charge on any atom is 0.229 e. The number of aryl methyl sites for hydroxylation is 2. The molecule has 1 N–H and O–H groups in total. The molecule has 0 aliphatic carbocycles. The van der Waals surface area contributed by atoms with Crippen LogP contribution in [0.2, 0.25) is 0 Å². The third kappa shape index (κ3) is 3.49. The number of nitrogens with one attached hydrogen (secondary N) is 1. The van der Waals surface area contributed by atoms with Crippen LogP contribution in [0.1, 0.15) is 11.1 Å². The molecule has 1 aromatic heterocycles. The number of benzene rings is 3. The summed E-state index contributed by atoms with van der Waals surface area (Å²) >= 11 is 0.